The summed E-state index contributed by atoms with van der Waals surface area (Å²) in [6.45, 7) is 2.13. The molecule has 1 N–H and O–H groups in total. The summed E-state index contributed by atoms with van der Waals surface area (Å²) in [4.78, 5) is 3.51. The number of pyridine rings is 1. The van der Waals surface area contributed by atoms with Crippen molar-refractivity contribution in [1.82, 2.24) is 9.38 Å². The van der Waals surface area contributed by atoms with Gasteiger partial charge in [-0.3, -0.25) is 0 Å². The van der Waals surface area contributed by atoms with Gasteiger partial charge in [0.15, 0.2) is 0 Å². The van der Waals surface area contributed by atoms with Crippen molar-refractivity contribution >= 4 is 27.3 Å². The van der Waals surface area contributed by atoms with Crippen LogP contribution < -0.4 is 0 Å². The standard InChI is InChI=1S/C15H12N2/c1-10-8-14-15-12(6-7-17(14)9-10)11-4-2-3-5-13(11)16-15/h2-9,16H,1H3. The minimum absolute atomic E-state index is 1.20. The summed E-state index contributed by atoms with van der Waals surface area (Å²) in [5, 5.41) is 2.59. The fourth-order valence-electron chi connectivity index (χ4n) is 2.63. The molecule has 4 aromatic rings. The Kier molecular flexibility index (Phi) is 1.52. The Balaban J connectivity index is 2.33. The molecule has 1 aromatic carbocycles. The monoisotopic (exact) mass is 220 g/mol. The van der Waals surface area contributed by atoms with E-state index in [2.05, 4.69) is 65.1 Å². The molecule has 2 nitrogen and oxygen atoms in total. The molecule has 3 aromatic heterocycles. The summed E-state index contributed by atoms with van der Waals surface area (Å²) in [6, 6.07) is 12.8. The first-order valence-electron chi connectivity index (χ1n) is 5.81. The molecule has 0 spiro atoms. The molecule has 0 saturated heterocycles. The minimum atomic E-state index is 1.20. The highest BCUT2D eigenvalue weighted by atomic mass is 14.9. The molecule has 0 aliphatic rings. The Morgan fingerprint density at radius 3 is 2.88 bits per heavy atom. The van der Waals surface area contributed by atoms with E-state index < -0.39 is 0 Å². The number of aromatic amines is 1. The van der Waals surface area contributed by atoms with Crippen molar-refractivity contribution in [2.24, 2.45) is 0 Å². The second-order valence-electron chi connectivity index (χ2n) is 4.58. The molecule has 0 aliphatic heterocycles. The van der Waals surface area contributed by atoms with Crippen molar-refractivity contribution in [2.45, 2.75) is 6.92 Å². The summed E-state index contributed by atoms with van der Waals surface area (Å²) < 4.78 is 2.17. The zero-order chi connectivity index (χ0) is 11.4. The first-order valence-corrected chi connectivity index (χ1v) is 5.81. The Morgan fingerprint density at radius 2 is 1.94 bits per heavy atom. The van der Waals surface area contributed by atoms with E-state index in [1.807, 2.05) is 0 Å². The predicted molar refractivity (Wildman–Crippen MR) is 71.5 cm³/mol. The molecular weight excluding hydrogens is 208 g/mol. The van der Waals surface area contributed by atoms with E-state index in [0.717, 1.165) is 0 Å². The first kappa shape index (κ1) is 8.88. The van der Waals surface area contributed by atoms with Crippen molar-refractivity contribution in [3.8, 4) is 0 Å². The molecule has 82 valence electrons. The van der Waals surface area contributed by atoms with E-state index >= 15 is 0 Å². The molecule has 0 aliphatic carbocycles. The Hall–Kier alpha value is -2.22. The van der Waals surface area contributed by atoms with Crippen molar-refractivity contribution in [1.29, 1.82) is 0 Å². The average Bonchev–Trinajstić information content (AvgIpc) is 2.87. The maximum absolute atomic E-state index is 3.51. The SMILES string of the molecule is Cc1cc2c3[nH]c4ccccc4c3ccn2c1. The van der Waals surface area contributed by atoms with Crippen LogP contribution in [0, 0.1) is 6.92 Å². The van der Waals surface area contributed by atoms with Gasteiger partial charge in [-0.1, -0.05) is 18.2 Å². The molecule has 0 unspecified atom stereocenters. The van der Waals surface area contributed by atoms with Gasteiger partial charge in [0.1, 0.15) is 0 Å². The van der Waals surface area contributed by atoms with Crippen LogP contribution in [0.1, 0.15) is 5.56 Å². The van der Waals surface area contributed by atoms with Gasteiger partial charge >= 0.3 is 0 Å². The number of hydrogen-bond donors (Lipinski definition) is 1. The Morgan fingerprint density at radius 1 is 1.06 bits per heavy atom. The van der Waals surface area contributed by atoms with Crippen LogP contribution in [0.2, 0.25) is 0 Å². The lowest BCUT2D eigenvalue weighted by atomic mass is 10.2. The average molecular weight is 220 g/mol. The lowest BCUT2D eigenvalue weighted by Gasteiger charge is -1.95. The number of benzene rings is 1. The number of aryl methyl sites for hydroxylation is 1. The normalized spacial score (nSPS) is 11.8. The van der Waals surface area contributed by atoms with Gasteiger partial charge in [-0.15, -0.1) is 0 Å². The molecule has 17 heavy (non-hydrogen) atoms. The van der Waals surface area contributed by atoms with Crippen LogP contribution >= 0.6 is 0 Å². The lowest BCUT2D eigenvalue weighted by molar-refractivity contribution is 1.20. The van der Waals surface area contributed by atoms with Gasteiger partial charge in [0.2, 0.25) is 0 Å². The van der Waals surface area contributed by atoms with Crippen molar-refractivity contribution < 1.29 is 0 Å². The number of nitrogens with zero attached hydrogens (tertiary/aromatic N) is 1. The molecule has 0 bridgehead atoms. The second kappa shape index (κ2) is 2.92. The number of para-hydroxylation sites is 1. The molecule has 0 radical (unpaired) electrons. The van der Waals surface area contributed by atoms with E-state index in [9.17, 15) is 0 Å². The zero-order valence-electron chi connectivity index (χ0n) is 9.57. The number of aromatic nitrogens is 2. The van der Waals surface area contributed by atoms with Crippen LogP contribution in [0.25, 0.3) is 27.3 Å². The summed E-state index contributed by atoms with van der Waals surface area (Å²) >= 11 is 0. The number of nitrogens with one attached hydrogen (secondary N) is 1. The third-order valence-electron chi connectivity index (χ3n) is 3.39. The van der Waals surface area contributed by atoms with Crippen LogP contribution in [-0.4, -0.2) is 9.38 Å². The quantitative estimate of drug-likeness (QED) is 0.464. The van der Waals surface area contributed by atoms with E-state index in [4.69, 9.17) is 0 Å². The topological polar surface area (TPSA) is 20.2 Å². The number of rotatable bonds is 0. The summed E-state index contributed by atoms with van der Waals surface area (Å²) in [5.41, 5.74) is 4.96. The summed E-state index contributed by atoms with van der Waals surface area (Å²) in [6.07, 6.45) is 4.28. The summed E-state index contributed by atoms with van der Waals surface area (Å²) in [5.74, 6) is 0. The van der Waals surface area contributed by atoms with E-state index in [0.29, 0.717) is 0 Å². The molecule has 2 heteroatoms. The number of fused-ring (bicyclic) bond motifs is 5. The predicted octanol–water partition coefficient (Wildman–Crippen LogP) is 3.88. The van der Waals surface area contributed by atoms with Gasteiger partial charge in [0.05, 0.1) is 11.0 Å². The fraction of sp³-hybridized carbons (Fsp3) is 0.0667. The lowest BCUT2D eigenvalue weighted by Crippen LogP contribution is -1.80. The fourth-order valence-corrected chi connectivity index (χ4v) is 2.63. The summed E-state index contributed by atoms with van der Waals surface area (Å²) in [7, 11) is 0. The van der Waals surface area contributed by atoms with Crippen LogP contribution in [0.4, 0.5) is 0 Å². The van der Waals surface area contributed by atoms with Crippen LogP contribution in [0.3, 0.4) is 0 Å². The number of H-pyrrole nitrogens is 1. The van der Waals surface area contributed by atoms with Crippen LogP contribution in [0.5, 0.6) is 0 Å². The van der Waals surface area contributed by atoms with Crippen molar-refractivity contribution in [2.75, 3.05) is 0 Å². The largest absolute Gasteiger partial charge is 0.353 e. The molecule has 0 amide bonds. The molecule has 0 saturated carbocycles. The Labute approximate surface area is 98.5 Å². The highest BCUT2D eigenvalue weighted by Gasteiger charge is 2.07. The third kappa shape index (κ3) is 1.10. The highest BCUT2D eigenvalue weighted by Crippen LogP contribution is 2.28. The molecular formula is C15H12N2. The minimum Gasteiger partial charge on any atom is -0.353 e. The zero-order valence-corrected chi connectivity index (χ0v) is 9.57. The van der Waals surface area contributed by atoms with Gasteiger partial charge in [-0.25, -0.2) is 0 Å². The number of hydrogen-bond acceptors (Lipinski definition) is 0. The smallest absolute Gasteiger partial charge is 0.0710 e. The second-order valence-corrected chi connectivity index (χ2v) is 4.58. The molecule has 4 rings (SSSR count). The maximum Gasteiger partial charge on any atom is 0.0710 e. The van der Waals surface area contributed by atoms with Gasteiger partial charge in [-0.05, 0) is 30.7 Å². The van der Waals surface area contributed by atoms with Crippen molar-refractivity contribution in [3.05, 3.63) is 54.4 Å². The Bertz CT molecular complexity index is 849. The van der Waals surface area contributed by atoms with Crippen LogP contribution in [-0.2, 0) is 0 Å². The van der Waals surface area contributed by atoms with E-state index in [1.54, 1.807) is 0 Å². The van der Waals surface area contributed by atoms with Gasteiger partial charge in [0, 0.05) is 28.7 Å². The third-order valence-corrected chi connectivity index (χ3v) is 3.39. The van der Waals surface area contributed by atoms with Crippen LogP contribution in [0.15, 0.2) is 48.8 Å². The van der Waals surface area contributed by atoms with Gasteiger partial charge in [-0.2, -0.15) is 0 Å². The van der Waals surface area contributed by atoms with Gasteiger partial charge in [0.25, 0.3) is 0 Å². The maximum atomic E-state index is 3.51. The molecule has 0 fully saturated rings. The van der Waals surface area contributed by atoms with E-state index in [1.165, 1.54) is 32.9 Å². The van der Waals surface area contributed by atoms with Crippen molar-refractivity contribution in [3.63, 3.8) is 0 Å². The van der Waals surface area contributed by atoms with Gasteiger partial charge < -0.3 is 9.38 Å². The molecule has 3 heterocycles. The first-order chi connectivity index (χ1) is 8.33. The molecule has 0 atom stereocenters. The highest BCUT2D eigenvalue weighted by molar-refractivity contribution is 6.11. The van der Waals surface area contributed by atoms with E-state index in [-0.39, 0.29) is 0 Å².